The van der Waals surface area contributed by atoms with Crippen molar-refractivity contribution in [1.82, 2.24) is 10.4 Å². The Morgan fingerprint density at radius 1 is 1.18 bits per heavy atom. The van der Waals surface area contributed by atoms with Crippen molar-refractivity contribution in [3.8, 4) is 0 Å². The second kappa shape index (κ2) is 4.31. The lowest BCUT2D eigenvalue weighted by molar-refractivity contribution is -0.157. The van der Waals surface area contributed by atoms with Crippen molar-refractivity contribution in [2.24, 2.45) is 5.84 Å². The van der Waals surface area contributed by atoms with Crippen LogP contribution in [-0.2, 0) is 0 Å². The van der Waals surface area contributed by atoms with E-state index in [9.17, 15) is 13.2 Å². The van der Waals surface area contributed by atoms with Gasteiger partial charge in [-0.1, -0.05) is 24.3 Å². The molecule has 0 saturated carbocycles. The smallest absolute Gasteiger partial charge is 0.271 e. The Morgan fingerprint density at radius 2 is 1.88 bits per heavy atom. The first kappa shape index (κ1) is 11.8. The van der Waals surface area contributed by atoms with Crippen LogP contribution in [0.5, 0.6) is 0 Å². The Labute approximate surface area is 95.4 Å². The first-order valence-electron chi connectivity index (χ1n) is 4.89. The number of fused-ring (bicyclic) bond motifs is 1. The molecule has 1 aromatic carbocycles. The number of halogens is 3. The Hall–Kier alpha value is -1.66. The summed E-state index contributed by atoms with van der Waals surface area (Å²) in [4.78, 5) is 3.80. The molecule has 1 atom stereocenters. The number of hydrogen-bond donors (Lipinski definition) is 2. The molecule has 1 heterocycles. The van der Waals surface area contributed by atoms with Crippen molar-refractivity contribution in [2.45, 2.75) is 12.2 Å². The molecule has 3 N–H and O–H groups in total. The van der Waals surface area contributed by atoms with Gasteiger partial charge in [-0.25, -0.2) is 5.43 Å². The Morgan fingerprint density at radius 3 is 2.53 bits per heavy atom. The number of hydrogen-bond acceptors (Lipinski definition) is 3. The van der Waals surface area contributed by atoms with Crippen LogP contribution in [0.1, 0.15) is 11.6 Å². The number of rotatable bonds is 2. The van der Waals surface area contributed by atoms with E-state index in [0.717, 1.165) is 0 Å². The van der Waals surface area contributed by atoms with E-state index in [1.54, 1.807) is 29.7 Å². The highest BCUT2D eigenvalue weighted by molar-refractivity contribution is 5.85. The molecule has 1 aromatic heterocycles. The average Bonchev–Trinajstić information content (AvgIpc) is 2.28. The van der Waals surface area contributed by atoms with Crippen LogP contribution < -0.4 is 11.3 Å². The molecular weight excluding hydrogens is 231 g/mol. The zero-order valence-corrected chi connectivity index (χ0v) is 8.70. The Kier molecular flexibility index (Phi) is 2.99. The summed E-state index contributed by atoms with van der Waals surface area (Å²) in [6.07, 6.45) is -1.76. The van der Waals surface area contributed by atoms with E-state index >= 15 is 0 Å². The number of aromatic nitrogens is 1. The van der Waals surface area contributed by atoms with Crippen LogP contribution in [0.15, 0.2) is 36.7 Å². The van der Waals surface area contributed by atoms with Crippen LogP contribution in [0.25, 0.3) is 10.8 Å². The maximum atomic E-state index is 12.8. The van der Waals surface area contributed by atoms with Gasteiger partial charge in [0.1, 0.15) is 6.04 Å². The molecule has 0 radical (unpaired) electrons. The summed E-state index contributed by atoms with van der Waals surface area (Å²) >= 11 is 0. The van der Waals surface area contributed by atoms with Gasteiger partial charge in [-0.3, -0.25) is 10.8 Å². The van der Waals surface area contributed by atoms with Gasteiger partial charge >= 0.3 is 6.18 Å². The monoisotopic (exact) mass is 241 g/mol. The van der Waals surface area contributed by atoms with Gasteiger partial charge in [0.2, 0.25) is 0 Å². The maximum Gasteiger partial charge on any atom is 0.409 e. The van der Waals surface area contributed by atoms with E-state index in [1.807, 2.05) is 0 Å². The lowest BCUT2D eigenvalue weighted by Crippen LogP contribution is -2.38. The molecule has 6 heteroatoms. The summed E-state index contributed by atoms with van der Waals surface area (Å²) in [5.74, 6) is 4.98. The van der Waals surface area contributed by atoms with Gasteiger partial charge in [-0.2, -0.15) is 13.2 Å². The third-order valence-corrected chi connectivity index (χ3v) is 2.50. The second-order valence-electron chi connectivity index (χ2n) is 3.59. The van der Waals surface area contributed by atoms with Crippen LogP contribution in [0, 0.1) is 0 Å². The van der Waals surface area contributed by atoms with Gasteiger partial charge in [0.05, 0.1) is 0 Å². The Balaban J connectivity index is 2.62. The van der Waals surface area contributed by atoms with Gasteiger partial charge in [0, 0.05) is 23.3 Å². The van der Waals surface area contributed by atoms with Crippen LogP contribution in [0.2, 0.25) is 0 Å². The van der Waals surface area contributed by atoms with E-state index in [4.69, 9.17) is 5.84 Å². The third kappa shape index (κ3) is 2.22. The van der Waals surface area contributed by atoms with Gasteiger partial charge in [0.15, 0.2) is 0 Å². The number of nitrogens with two attached hydrogens (primary N) is 1. The van der Waals surface area contributed by atoms with Gasteiger partial charge in [0.25, 0.3) is 0 Å². The van der Waals surface area contributed by atoms with Crippen LogP contribution in [0.3, 0.4) is 0 Å². The molecule has 17 heavy (non-hydrogen) atoms. The minimum Gasteiger partial charge on any atom is -0.271 e. The van der Waals surface area contributed by atoms with E-state index in [-0.39, 0.29) is 5.56 Å². The number of hydrazine groups is 1. The largest absolute Gasteiger partial charge is 0.409 e. The fourth-order valence-electron chi connectivity index (χ4n) is 1.73. The molecule has 0 aliphatic rings. The van der Waals surface area contributed by atoms with Crippen LogP contribution in [0.4, 0.5) is 13.2 Å². The van der Waals surface area contributed by atoms with Gasteiger partial charge < -0.3 is 0 Å². The van der Waals surface area contributed by atoms with Crippen LogP contribution in [-0.4, -0.2) is 11.2 Å². The fourth-order valence-corrected chi connectivity index (χ4v) is 1.73. The predicted molar refractivity (Wildman–Crippen MR) is 57.9 cm³/mol. The summed E-state index contributed by atoms with van der Waals surface area (Å²) in [5.41, 5.74) is 1.81. The average molecular weight is 241 g/mol. The second-order valence-corrected chi connectivity index (χ2v) is 3.59. The zero-order valence-electron chi connectivity index (χ0n) is 8.70. The zero-order chi connectivity index (χ0) is 12.5. The SMILES string of the molecule is NNC(c1cncc2ccccc12)C(F)(F)F. The minimum absolute atomic E-state index is 0.0260. The molecule has 0 aliphatic heterocycles. The minimum atomic E-state index is -4.46. The van der Waals surface area contributed by atoms with E-state index in [2.05, 4.69) is 4.98 Å². The molecule has 0 fully saturated rings. The quantitative estimate of drug-likeness (QED) is 0.626. The number of benzene rings is 1. The van der Waals surface area contributed by atoms with Crippen molar-refractivity contribution in [2.75, 3.05) is 0 Å². The standard InChI is InChI=1S/C11H10F3N3/c12-11(13,14)10(17-15)9-6-16-5-7-3-1-2-4-8(7)9/h1-6,10,17H,15H2. The van der Waals surface area contributed by atoms with Crippen molar-refractivity contribution >= 4 is 10.8 Å². The molecular formula is C11H10F3N3. The maximum absolute atomic E-state index is 12.8. The summed E-state index contributed by atoms with van der Waals surface area (Å²) in [6.45, 7) is 0. The van der Waals surface area contributed by atoms with Gasteiger partial charge in [-0.15, -0.1) is 0 Å². The van der Waals surface area contributed by atoms with Crippen molar-refractivity contribution in [1.29, 1.82) is 0 Å². The third-order valence-electron chi connectivity index (χ3n) is 2.50. The first-order valence-corrected chi connectivity index (χ1v) is 4.89. The summed E-state index contributed by atoms with van der Waals surface area (Å²) in [5, 5.41) is 1.14. The molecule has 3 nitrogen and oxygen atoms in total. The van der Waals surface area contributed by atoms with Crippen molar-refractivity contribution < 1.29 is 13.2 Å². The highest BCUT2D eigenvalue weighted by Crippen LogP contribution is 2.34. The highest BCUT2D eigenvalue weighted by Gasteiger charge is 2.41. The molecule has 0 spiro atoms. The molecule has 0 aliphatic carbocycles. The van der Waals surface area contributed by atoms with Gasteiger partial charge in [-0.05, 0) is 5.39 Å². The molecule has 0 bridgehead atoms. The predicted octanol–water partition coefficient (Wildman–Crippen LogP) is 2.30. The molecule has 90 valence electrons. The molecule has 0 amide bonds. The van der Waals surface area contributed by atoms with Crippen molar-refractivity contribution in [3.05, 3.63) is 42.2 Å². The molecule has 2 aromatic rings. The summed E-state index contributed by atoms with van der Waals surface area (Å²) in [6, 6.07) is 4.82. The fraction of sp³-hybridized carbons (Fsp3) is 0.182. The topological polar surface area (TPSA) is 50.9 Å². The Bertz CT molecular complexity index is 519. The van der Waals surface area contributed by atoms with E-state index in [1.165, 1.54) is 12.4 Å². The normalized spacial score (nSPS) is 13.9. The number of nitrogens with one attached hydrogen (secondary N) is 1. The van der Waals surface area contributed by atoms with E-state index < -0.39 is 12.2 Å². The number of alkyl halides is 3. The molecule has 2 rings (SSSR count). The highest BCUT2D eigenvalue weighted by atomic mass is 19.4. The number of pyridine rings is 1. The number of nitrogens with zero attached hydrogens (tertiary/aromatic N) is 1. The van der Waals surface area contributed by atoms with Crippen LogP contribution >= 0.6 is 0 Å². The molecule has 0 saturated heterocycles. The molecule has 1 unspecified atom stereocenters. The first-order chi connectivity index (χ1) is 8.04. The van der Waals surface area contributed by atoms with Crippen molar-refractivity contribution in [3.63, 3.8) is 0 Å². The van der Waals surface area contributed by atoms with E-state index in [0.29, 0.717) is 10.8 Å². The lowest BCUT2D eigenvalue weighted by atomic mass is 10.0. The lowest BCUT2D eigenvalue weighted by Gasteiger charge is -2.20. The summed E-state index contributed by atoms with van der Waals surface area (Å²) in [7, 11) is 0. The summed E-state index contributed by atoms with van der Waals surface area (Å²) < 4.78 is 38.3.